The summed E-state index contributed by atoms with van der Waals surface area (Å²) in [5.41, 5.74) is 3.28. The molecule has 0 aliphatic heterocycles. The van der Waals surface area contributed by atoms with E-state index in [2.05, 4.69) is 15.1 Å². The number of hydroxylamine groups is 1. The molecular formula is C22H25F2N6O2+. The highest BCUT2D eigenvalue weighted by Crippen LogP contribution is 2.29. The first kappa shape index (κ1) is 21.8. The number of nitrogens with two attached hydrogens (primary N) is 1. The highest BCUT2D eigenvalue weighted by Gasteiger charge is 2.24. The lowest BCUT2D eigenvalue weighted by molar-refractivity contribution is -0.932. The summed E-state index contributed by atoms with van der Waals surface area (Å²) in [6.07, 6.45) is 3.49. The number of fused-ring (bicyclic) bond motifs is 1. The van der Waals surface area contributed by atoms with Gasteiger partial charge < -0.3 is 4.74 Å². The molecule has 1 aromatic carbocycles. The van der Waals surface area contributed by atoms with E-state index in [1.165, 1.54) is 18.2 Å². The Kier molecular flexibility index (Phi) is 5.66. The fourth-order valence-electron chi connectivity index (χ4n) is 3.49. The summed E-state index contributed by atoms with van der Waals surface area (Å²) in [5, 5.41) is 13.9. The molecule has 0 atom stereocenters. The molecule has 3 heterocycles. The number of nitrogens with zero attached hydrogens (tertiary/aromatic N) is 5. The number of imidazole rings is 1. The Morgan fingerprint density at radius 2 is 1.91 bits per heavy atom. The molecule has 8 nitrogen and oxygen atoms in total. The van der Waals surface area contributed by atoms with Crippen molar-refractivity contribution in [2.45, 2.75) is 46.4 Å². The van der Waals surface area contributed by atoms with Gasteiger partial charge in [0.25, 0.3) is 0 Å². The van der Waals surface area contributed by atoms with E-state index in [1.54, 1.807) is 17.1 Å². The SMILES string of the molecule is Cc1cc(OCc2c(F)cccc2F)c2nc(C)c(-c3ncn(CC(C)(C)[NH2+]O)n3)n2c1. The van der Waals surface area contributed by atoms with Crippen LogP contribution in [0.15, 0.2) is 36.8 Å². The molecule has 0 aliphatic carbocycles. The van der Waals surface area contributed by atoms with Crippen LogP contribution in [0.3, 0.4) is 0 Å². The lowest BCUT2D eigenvalue weighted by Gasteiger charge is -2.17. The molecule has 3 N–H and O–H groups in total. The zero-order chi connectivity index (χ0) is 23.0. The Bertz CT molecular complexity index is 1260. The maximum Gasteiger partial charge on any atom is 0.200 e. The lowest BCUT2D eigenvalue weighted by atomic mass is 10.1. The first-order valence-corrected chi connectivity index (χ1v) is 10.1. The average molecular weight is 443 g/mol. The van der Waals surface area contributed by atoms with Crippen molar-refractivity contribution in [2.24, 2.45) is 0 Å². The predicted molar refractivity (Wildman–Crippen MR) is 112 cm³/mol. The number of aryl methyl sites for hydroxylation is 2. The lowest BCUT2D eigenvalue weighted by Crippen LogP contribution is -2.93. The van der Waals surface area contributed by atoms with Crippen LogP contribution in [-0.4, -0.2) is 34.9 Å². The second kappa shape index (κ2) is 8.29. The smallest absolute Gasteiger partial charge is 0.200 e. The van der Waals surface area contributed by atoms with Crippen LogP contribution in [0.4, 0.5) is 8.78 Å². The molecule has 4 aromatic rings. The third kappa shape index (κ3) is 4.19. The number of hydrogen-bond acceptors (Lipinski definition) is 5. The Labute approximate surface area is 183 Å². The van der Waals surface area contributed by atoms with Crippen LogP contribution in [0.1, 0.15) is 30.7 Å². The van der Waals surface area contributed by atoms with E-state index < -0.39 is 17.2 Å². The van der Waals surface area contributed by atoms with Crippen LogP contribution in [0.5, 0.6) is 5.75 Å². The van der Waals surface area contributed by atoms with Gasteiger partial charge in [0.1, 0.15) is 35.8 Å². The number of pyridine rings is 1. The van der Waals surface area contributed by atoms with Crippen LogP contribution in [0, 0.1) is 25.5 Å². The zero-order valence-corrected chi connectivity index (χ0v) is 18.3. The van der Waals surface area contributed by atoms with Crippen molar-refractivity contribution in [1.82, 2.24) is 24.1 Å². The third-order valence-corrected chi connectivity index (χ3v) is 5.10. The van der Waals surface area contributed by atoms with Crippen molar-refractivity contribution in [2.75, 3.05) is 0 Å². The third-order valence-electron chi connectivity index (χ3n) is 5.10. The average Bonchev–Trinajstić information content (AvgIpc) is 3.30. The van der Waals surface area contributed by atoms with Gasteiger partial charge >= 0.3 is 0 Å². The highest BCUT2D eigenvalue weighted by molar-refractivity contribution is 5.66. The molecule has 0 aliphatic rings. The molecule has 0 amide bonds. The molecule has 0 saturated heterocycles. The van der Waals surface area contributed by atoms with E-state index in [-0.39, 0.29) is 12.2 Å². The minimum absolute atomic E-state index is 0.139. The van der Waals surface area contributed by atoms with Crippen LogP contribution < -0.4 is 10.2 Å². The molecule has 3 aromatic heterocycles. The number of quaternary nitrogens is 1. The number of rotatable bonds is 7. The minimum atomic E-state index is -0.660. The fourth-order valence-corrected chi connectivity index (χ4v) is 3.49. The Balaban J connectivity index is 1.70. The summed E-state index contributed by atoms with van der Waals surface area (Å²) in [4.78, 5) is 9.02. The normalized spacial score (nSPS) is 12.0. The summed E-state index contributed by atoms with van der Waals surface area (Å²) < 4.78 is 37.3. The van der Waals surface area contributed by atoms with Gasteiger partial charge in [-0.15, -0.1) is 5.10 Å². The quantitative estimate of drug-likeness (QED) is 0.429. The molecule has 0 saturated carbocycles. The van der Waals surface area contributed by atoms with Gasteiger partial charge in [0, 0.05) is 6.20 Å². The van der Waals surface area contributed by atoms with Gasteiger partial charge in [-0.05, 0) is 51.5 Å². The molecule has 0 radical (unpaired) electrons. The van der Waals surface area contributed by atoms with Gasteiger partial charge in [0.2, 0.25) is 0 Å². The predicted octanol–water partition coefficient (Wildman–Crippen LogP) is 2.80. The number of aromatic nitrogens is 5. The fraction of sp³-hybridized carbons (Fsp3) is 0.318. The van der Waals surface area contributed by atoms with Crippen LogP contribution >= 0.6 is 0 Å². The number of halogens is 2. The summed E-state index contributed by atoms with van der Waals surface area (Å²) in [6, 6.07) is 5.48. The minimum Gasteiger partial charge on any atom is -0.485 e. The van der Waals surface area contributed by atoms with Crippen LogP contribution in [-0.2, 0) is 13.2 Å². The molecule has 168 valence electrons. The molecule has 0 spiro atoms. The highest BCUT2D eigenvalue weighted by atomic mass is 19.1. The second-order valence-corrected chi connectivity index (χ2v) is 8.49. The molecule has 0 unspecified atom stereocenters. The first-order chi connectivity index (χ1) is 15.2. The van der Waals surface area contributed by atoms with Gasteiger partial charge in [-0.2, -0.15) is 5.48 Å². The standard InChI is InChI=1S/C22H24F2N6O2/c1-13-8-18(32-10-15-16(23)6-5-7-17(15)24)21-26-14(2)19(30(21)9-13)20-25-12-29(27-20)11-22(3,4)28-31/h5-9,12,28,31H,10-11H2,1-4H3/p+1. The number of hydrogen-bond donors (Lipinski definition) is 2. The van der Waals surface area contributed by atoms with Crippen molar-refractivity contribution < 1.29 is 24.2 Å². The summed E-state index contributed by atoms with van der Waals surface area (Å²) in [5.74, 6) is -0.448. The van der Waals surface area contributed by atoms with E-state index in [0.29, 0.717) is 35.2 Å². The molecule has 4 rings (SSSR count). The van der Waals surface area contributed by atoms with Gasteiger partial charge in [-0.1, -0.05) is 6.07 Å². The maximum absolute atomic E-state index is 14.0. The van der Waals surface area contributed by atoms with Crippen molar-refractivity contribution >= 4 is 5.65 Å². The first-order valence-electron chi connectivity index (χ1n) is 10.1. The Hall–Kier alpha value is -3.37. The number of benzene rings is 1. The summed E-state index contributed by atoms with van der Waals surface area (Å²) in [6.45, 7) is 7.69. The molecule has 32 heavy (non-hydrogen) atoms. The van der Waals surface area contributed by atoms with Gasteiger partial charge in [0.05, 0.1) is 17.8 Å². The van der Waals surface area contributed by atoms with Gasteiger partial charge in [-0.25, -0.2) is 28.6 Å². The van der Waals surface area contributed by atoms with E-state index in [0.717, 1.165) is 11.0 Å². The topological polar surface area (TPSA) is 94.1 Å². The largest absolute Gasteiger partial charge is 0.485 e. The van der Waals surface area contributed by atoms with Crippen LogP contribution in [0.2, 0.25) is 0 Å². The molecule has 0 bridgehead atoms. The monoisotopic (exact) mass is 443 g/mol. The second-order valence-electron chi connectivity index (χ2n) is 8.49. The zero-order valence-electron chi connectivity index (χ0n) is 18.3. The Morgan fingerprint density at radius 3 is 2.59 bits per heavy atom. The summed E-state index contributed by atoms with van der Waals surface area (Å²) in [7, 11) is 0. The van der Waals surface area contributed by atoms with Crippen molar-refractivity contribution in [3.05, 3.63) is 65.2 Å². The maximum atomic E-state index is 14.0. The van der Waals surface area contributed by atoms with Crippen molar-refractivity contribution in [3.63, 3.8) is 0 Å². The Morgan fingerprint density at radius 1 is 1.19 bits per heavy atom. The van der Waals surface area contributed by atoms with E-state index >= 15 is 0 Å². The molecule has 10 heteroatoms. The number of ether oxygens (including phenoxy) is 1. The van der Waals surface area contributed by atoms with E-state index in [4.69, 9.17) is 4.74 Å². The van der Waals surface area contributed by atoms with E-state index in [9.17, 15) is 14.0 Å². The van der Waals surface area contributed by atoms with Crippen molar-refractivity contribution in [3.8, 4) is 17.3 Å². The van der Waals surface area contributed by atoms with Gasteiger partial charge in [0.15, 0.2) is 17.2 Å². The van der Waals surface area contributed by atoms with Crippen molar-refractivity contribution in [1.29, 1.82) is 0 Å². The van der Waals surface area contributed by atoms with Gasteiger partial charge in [-0.3, -0.25) is 4.40 Å². The molecular weight excluding hydrogens is 418 g/mol. The van der Waals surface area contributed by atoms with E-state index in [1.807, 2.05) is 38.3 Å². The van der Waals surface area contributed by atoms with Crippen LogP contribution in [0.25, 0.3) is 17.2 Å². The molecule has 0 fully saturated rings. The summed E-state index contributed by atoms with van der Waals surface area (Å²) >= 11 is 0.